The highest BCUT2D eigenvalue weighted by molar-refractivity contribution is 5.81. The monoisotopic (exact) mass is 567 g/mol. The normalized spacial score (nSPS) is 12.9. The van der Waals surface area contributed by atoms with Crippen molar-refractivity contribution in [3.8, 4) is 11.5 Å². The molecule has 0 amide bonds. The third kappa shape index (κ3) is 12.7. The van der Waals surface area contributed by atoms with Gasteiger partial charge in [0.05, 0.1) is 32.8 Å². The Bertz CT molecular complexity index is 951. The molecule has 0 saturated carbocycles. The third-order valence-corrected chi connectivity index (χ3v) is 6.25. The maximum atomic E-state index is 12.6. The summed E-state index contributed by atoms with van der Waals surface area (Å²) < 4.78 is 31.0. The zero-order chi connectivity index (χ0) is 30.0. The summed E-state index contributed by atoms with van der Waals surface area (Å²) in [6.45, 7) is 7.94. The first-order valence-electron chi connectivity index (χ1n) is 14.0. The van der Waals surface area contributed by atoms with Gasteiger partial charge in [-0.1, -0.05) is 59.4 Å². The molecule has 0 heterocycles. The predicted octanol–water partition coefficient (Wildman–Crippen LogP) is 5.49. The Kier molecular flexibility index (Phi) is 16.4. The largest absolute Gasteiger partial charge is 0.513 e. The van der Waals surface area contributed by atoms with Crippen LogP contribution in [0.3, 0.4) is 0 Å². The van der Waals surface area contributed by atoms with Crippen LogP contribution in [0.15, 0.2) is 18.2 Å². The Morgan fingerprint density at radius 1 is 0.825 bits per heavy atom. The van der Waals surface area contributed by atoms with E-state index in [1.54, 1.807) is 13.0 Å². The van der Waals surface area contributed by atoms with Crippen molar-refractivity contribution in [2.75, 3.05) is 26.9 Å². The maximum absolute atomic E-state index is 12.6. The predicted molar refractivity (Wildman–Crippen MR) is 147 cm³/mol. The molecule has 0 fully saturated rings. The fourth-order valence-electron chi connectivity index (χ4n) is 3.55. The highest BCUT2D eigenvalue weighted by atomic mass is 16.7. The third-order valence-electron chi connectivity index (χ3n) is 6.25. The van der Waals surface area contributed by atoms with Gasteiger partial charge in [0.15, 0.2) is 11.5 Å². The van der Waals surface area contributed by atoms with Gasteiger partial charge < -0.3 is 34.2 Å². The number of hydrogen-bond donors (Lipinski definition) is 1. The van der Waals surface area contributed by atoms with E-state index in [0.717, 1.165) is 25.7 Å². The average Bonchev–Trinajstić information content (AvgIpc) is 2.93. The molecule has 1 rings (SSSR count). The van der Waals surface area contributed by atoms with Gasteiger partial charge in [0, 0.05) is 12.8 Å². The summed E-state index contributed by atoms with van der Waals surface area (Å²) in [6, 6.07) is 4.39. The maximum Gasteiger partial charge on any atom is 0.513 e. The van der Waals surface area contributed by atoms with Crippen molar-refractivity contribution >= 4 is 24.2 Å². The van der Waals surface area contributed by atoms with E-state index in [-0.39, 0.29) is 56.0 Å². The summed E-state index contributed by atoms with van der Waals surface area (Å²) in [6.07, 6.45) is 3.71. The number of ether oxygens (including phenoxy) is 6. The van der Waals surface area contributed by atoms with Crippen molar-refractivity contribution in [3.05, 3.63) is 23.8 Å². The summed E-state index contributed by atoms with van der Waals surface area (Å²) in [5.74, 6) is -1.55. The molecule has 2 N–H and O–H groups in total. The number of carbonyl (C=O) groups is 4. The standard InChI is InChI=1S/C29H45NO10/c1-6-9-11-16-37-27(33)39-23-14-13-22(19-24(23)40-28(34)38-17-12-10-7-2)20-29(30,26(32)35-5)15-18-36-25(31)21(4)8-3/h13-14,19,21H,6-12,15-18,20,30H2,1-5H3/t21?,29-/m1/s1. The topological polar surface area (TPSA) is 150 Å². The Balaban J connectivity index is 3.10. The summed E-state index contributed by atoms with van der Waals surface area (Å²) in [5.41, 5.74) is 5.34. The molecular weight excluding hydrogens is 522 g/mol. The smallest absolute Gasteiger partial charge is 0.468 e. The first kappa shape index (κ1) is 34.7. The second-order valence-electron chi connectivity index (χ2n) is 9.65. The first-order valence-corrected chi connectivity index (χ1v) is 14.0. The minimum atomic E-state index is -1.55. The molecule has 0 spiro atoms. The molecule has 11 heteroatoms. The van der Waals surface area contributed by atoms with Gasteiger partial charge in [-0.15, -0.1) is 0 Å². The van der Waals surface area contributed by atoms with Crippen molar-refractivity contribution in [3.63, 3.8) is 0 Å². The van der Waals surface area contributed by atoms with Crippen LogP contribution in [0, 0.1) is 5.92 Å². The lowest BCUT2D eigenvalue weighted by Crippen LogP contribution is -2.51. The molecule has 226 valence electrons. The van der Waals surface area contributed by atoms with Crippen LogP contribution in [-0.2, 0) is 35.0 Å². The number of rotatable bonds is 18. The lowest BCUT2D eigenvalue weighted by atomic mass is 9.88. The van der Waals surface area contributed by atoms with Crippen molar-refractivity contribution in [1.29, 1.82) is 0 Å². The molecule has 0 saturated heterocycles. The zero-order valence-corrected chi connectivity index (χ0v) is 24.5. The first-order chi connectivity index (χ1) is 19.1. The summed E-state index contributed by atoms with van der Waals surface area (Å²) in [5, 5.41) is 0. The van der Waals surface area contributed by atoms with Crippen LogP contribution < -0.4 is 15.2 Å². The minimum absolute atomic E-state index is 0.0140. The molecule has 0 radical (unpaired) electrons. The SMILES string of the molecule is CCCCCOC(=O)Oc1ccc(C[C@](N)(CCOC(=O)C(C)CC)C(=O)OC)cc1OC(=O)OCCCCC. The lowest BCUT2D eigenvalue weighted by molar-refractivity contribution is -0.153. The van der Waals surface area contributed by atoms with Crippen molar-refractivity contribution < 1.29 is 47.6 Å². The molecule has 1 unspecified atom stereocenters. The molecule has 2 atom stereocenters. The van der Waals surface area contributed by atoms with Crippen molar-refractivity contribution in [2.24, 2.45) is 11.7 Å². The van der Waals surface area contributed by atoms with Gasteiger partial charge in [-0.25, -0.2) is 9.59 Å². The highest BCUT2D eigenvalue weighted by Gasteiger charge is 2.36. The van der Waals surface area contributed by atoms with Crippen molar-refractivity contribution in [1.82, 2.24) is 0 Å². The Hall–Kier alpha value is -3.34. The van der Waals surface area contributed by atoms with E-state index in [4.69, 9.17) is 34.2 Å². The number of carbonyl (C=O) groups excluding carboxylic acids is 4. The molecule has 0 bridgehead atoms. The van der Waals surface area contributed by atoms with Gasteiger partial charge in [-0.3, -0.25) is 9.59 Å². The summed E-state index contributed by atoms with van der Waals surface area (Å²) in [4.78, 5) is 49.2. The Morgan fingerprint density at radius 2 is 1.40 bits per heavy atom. The van der Waals surface area contributed by atoms with E-state index in [1.165, 1.54) is 19.2 Å². The number of unbranched alkanes of at least 4 members (excludes halogenated alkanes) is 4. The minimum Gasteiger partial charge on any atom is -0.468 e. The van der Waals surface area contributed by atoms with Crippen LogP contribution in [-0.4, -0.2) is 56.7 Å². The van der Waals surface area contributed by atoms with Gasteiger partial charge in [0.25, 0.3) is 0 Å². The van der Waals surface area contributed by atoms with E-state index in [0.29, 0.717) is 24.8 Å². The van der Waals surface area contributed by atoms with Gasteiger partial charge in [-0.05, 0) is 37.0 Å². The van der Waals surface area contributed by atoms with Crippen LogP contribution in [0.25, 0.3) is 0 Å². The fourth-order valence-corrected chi connectivity index (χ4v) is 3.55. The van der Waals surface area contributed by atoms with E-state index >= 15 is 0 Å². The van der Waals surface area contributed by atoms with Crippen LogP contribution in [0.2, 0.25) is 0 Å². The molecule has 1 aromatic rings. The van der Waals surface area contributed by atoms with E-state index < -0.39 is 23.8 Å². The number of nitrogens with two attached hydrogens (primary N) is 1. The number of hydrogen-bond acceptors (Lipinski definition) is 11. The quantitative estimate of drug-likeness (QED) is 0.104. The van der Waals surface area contributed by atoms with Crippen LogP contribution in [0.5, 0.6) is 11.5 Å². The molecule has 40 heavy (non-hydrogen) atoms. The van der Waals surface area contributed by atoms with Gasteiger partial charge in [-0.2, -0.15) is 0 Å². The van der Waals surface area contributed by atoms with Crippen LogP contribution in [0.4, 0.5) is 9.59 Å². The highest BCUT2D eigenvalue weighted by Crippen LogP contribution is 2.31. The summed E-state index contributed by atoms with van der Waals surface area (Å²) >= 11 is 0. The molecule has 11 nitrogen and oxygen atoms in total. The molecule has 1 aromatic carbocycles. The fraction of sp³-hybridized carbons (Fsp3) is 0.655. The lowest BCUT2D eigenvalue weighted by Gasteiger charge is -2.27. The van der Waals surface area contributed by atoms with Crippen LogP contribution in [0.1, 0.15) is 84.6 Å². The zero-order valence-electron chi connectivity index (χ0n) is 24.5. The Labute approximate surface area is 236 Å². The van der Waals surface area contributed by atoms with E-state index in [2.05, 4.69) is 0 Å². The number of methoxy groups -OCH3 is 1. The molecule has 0 aliphatic carbocycles. The second-order valence-corrected chi connectivity index (χ2v) is 9.65. The molecule has 0 aromatic heterocycles. The van der Waals surface area contributed by atoms with Gasteiger partial charge in [0.2, 0.25) is 0 Å². The second kappa shape index (κ2) is 18.9. The number of benzene rings is 1. The number of esters is 2. The van der Waals surface area contributed by atoms with E-state index in [9.17, 15) is 19.2 Å². The summed E-state index contributed by atoms with van der Waals surface area (Å²) in [7, 11) is 1.21. The van der Waals surface area contributed by atoms with Gasteiger partial charge >= 0.3 is 24.2 Å². The Morgan fingerprint density at radius 3 is 1.93 bits per heavy atom. The van der Waals surface area contributed by atoms with Gasteiger partial charge in [0.1, 0.15) is 5.54 Å². The van der Waals surface area contributed by atoms with Crippen molar-refractivity contribution in [2.45, 2.75) is 91.0 Å². The molecule has 0 aliphatic heterocycles. The average molecular weight is 568 g/mol. The van der Waals surface area contributed by atoms with Crippen LogP contribution >= 0.6 is 0 Å². The molecule has 0 aliphatic rings. The van der Waals surface area contributed by atoms with E-state index in [1.807, 2.05) is 20.8 Å². The molecular formula is C29H45NO10.